The molecule has 1 aromatic heterocycles. The molecular weight excluding hydrogens is 435 g/mol. The van der Waals surface area contributed by atoms with Gasteiger partial charge in [-0.15, -0.1) is 0 Å². The van der Waals surface area contributed by atoms with E-state index in [-0.39, 0.29) is 36.7 Å². The highest BCUT2D eigenvalue weighted by atomic mass is 19.4. The molecule has 1 aromatic rings. The highest BCUT2D eigenvalue weighted by Crippen LogP contribution is 2.42. The molecule has 3 aliphatic rings. The van der Waals surface area contributed by atoms with Crippen molar-refractivity contribution in [1.29, 1.82) is 0 Å². The van der Waals surface area contributed by atoms with Gasteiger partial charge in [0.15, 0.2) is 0 Å². The van der Waals surface area contributed by atoms with E-state index in [4.69, 9.17) is 4.74 Å². The minimum Gasteiger partial charge on any atom is -0.381 e. The van der Waals surface area contributed by atoms with Gasteiger partial charge in [-0.2, -0.15) is 13.2 Å². The van der Waals surface area contributed by atoms with Crippen LogP contribution in [-0.2, 0) is 28.8 Å². The van der Waals surface area contributed by atoms with Gasteiger partial charge in [-0.05, 0) is 30.7 Å². The van der Waals surface area contributed by atoms with Crippen molar-refractivity contribution in [2.45, 2.75) is 65.0 Å². The predicted molar refractivity (Wildman–Crippen MR) is 117 cm³/mol. The van der Waals surface area contributed by atoms with Gasteiger partial charge in [-0.25, -0.2) is 0 Å². The van der Waals surface area contributed by atoms with Gasteiger partial charge < -0.3 is 19.5 Å². The number of ether oxygens (including phenoxy) is 1. The standard InChI is InChI=1S/C24H32F3N3O3/c1-15(2)23(6-4-18(12-23)28-20-5-9-33-14-16(20)3)22(32)29-7-8-30-19(13-29)10-17(11-21(30)31)24(25,26)27/h4,6,10-11,15-16,18,20,28H,5,7-9,12-14H2,1-3H3/t16-,18-,20+,23+/m1/s1. The van der Waals surface area contributed by atoms with E-state index in [0.717, 1.165) is 25.7 Å². The molecule has 1 N–H and O–H groups in total. The number of amides is 1. The highest BCUT2D eigenvalue weighted by molar-refractivity contribution is 5.86. The first-order chi connectivity index (χ1) is 15.5. The van der Waals surface area contributed by atoms with Crippen LogP contribution in [0.5, 0.6) is 0 Å². The lowest BCUT2D eigenvalue weighted by molar-refractivity contribution is -0.143. The lowest BCUT2D eigenvalue weighted by atomic mass is 9.74. The molecule has 0 spiro atoms. The molecule has 1 fully saturated rings. The lowest BCUT2D eigenvalue weighted by Crippen LogP contribution is -2.51. The predicted octanol–water partition coefficient (Wildman–Crippen LogP) is 3.19. The molecule has 0 saturated carbocycles. The van der Waals surface area contributed by atoms with Gasteiger partial charge in [-0.1, -0.05) is 32.9 Å². The number of fused-ring (bicyclic) bond motifs is 1. The Hall–Kier alpha value is -2.13. The van der Waals surface area contributed by atoms with Gasteiger partial charge in [0, 0.05) is 43.5 Å². The molecule has 1 amide bonds. The van der Waals surface area contributed by atoms with Crippen LogP contribution in [0.15, 0.2) is 29.1 Å². The Bertz CT molecular complexity index is 987. The van der Waals surface area contributed by atoms with Crippen molar-refractivity contribution in [1.82, 2.24) is 14.8 Å². The number of nitrogens with zero attached hydrogens (tertiary/aromatic N) is 2. The number of rotatable bonds is 4. The Kier molecular flexibility index (Phi) is 6.48. The number of pyridine rings is 1. The summed E-state index contributed by atoms with van der Waals surface area (Å²) in [5.41, 5.74) is -2.15. The number of carbonyl (C=O) groups is 1. The number of aromatic nitrogens is 1. The van der Waals surface area contributed by atoms with Gasteiger partial charge >= 0.3 is 6.18 Å². The summed E-state index contributed by atoms with van der Waals surface area (Å²) >= 11 is 0. The number of carbonyl (C=O) groups excluding carboxylic acids is 1. The van der Waals surface area contributed by atoms with Crippen molar-refractivity contribution in [2.75, 3.05) is 19.8 Å². The Labute approximate surface area is 191 Å². The first-order valence-corrected chi connectivity index (χ1v) is 11.6. The molecule has 4 rings (SSSR count). The van der Waals surface area contributed by atoms with E-state index in [1.165, 1.54) is 4.57 Å². The fourth-order valence-corrected chi connectivity index (χ4v) is 5.30. The number of hydrogen-bond donors (Lipinski definition) is 1. The van der Waals surface area contributed by atoms with Crippen molar-refractivity contribution in [3.8, 4) is 0 Å². The average Bonchev–Trinajstić information content (AvgIpc) is 3.19. The third-order valence-electron chi connectivity index (χ3n) is 7.46. The van der Waals surface area contributed by atoms with Crippen LogP contribution in [0.1, 0.15) is 44.9 Å². The largest absolute Gasteiger partial charge is 0.416 e. The van der Waals surface area contributed by atoms with Crippen molar-refractivity contribution in [3.05, 3.63) is 45.9 Å². The van der Waals surface area contributed by atoms with E-state index in [2.05, 4.69) is 18.3 Å². The van der Waals surface area contributed by atoms with Crippen molar-refractivity contribution >= 4 is 5.91 Å². The number of hydrogen-bond acceptors (Lipinski definition) is 4. The molecule has 2 aliphatic heterocycles. The van der Waals surface area contributed by atoms with Crippen molar-refractivity contribution in [2.24, 2.45) is 17.3 Å². The van der Waals surface area contributed by atoms with Crippen LogP contribution in [-0.4, -0.2) is 47.2 Å². The van der Waals surface area contributed by atoms with Crippen LogP contribution in [0.3, 0.4) is 0 Å². The Balaban J connectivity index is 1.52. The summed E-state index contributed by atoms with van der Waals surface area (Å²) in [7, 11) is 0. The third kappa shape index (κ3) is 4.62. The quantitative estimate of drug-likeness (QED) is 0.691. The Morgan fingerprint density at radius 3 is 2.70 bits per heavy atom. The first kappa shape index (κ1) is 24.0. The monoisotopic (exact) mass is 467 g/mol. The molecule has 1 saturated heterocycles. The van der Waals surface area contributed by atoms with Crippen LogP contribution in [0.25, 0.3) is 0 Å². The topological polar surface area (TPSA) is 63.6 Å². The van der Waals surface area contributed by atoms with Crippen LogP contribution in [0.4, 0.5) is 13.2 Å². The highest BCUT2D eigenvalue weighted by Gasteiger charge is 2.47. The summed E-state index contributed by atoms with van der Waals surface area (Å²) in [6, 6.07) is 1.99. The fraction of sp³-hybridized carbons (Fsp3) is 0.667. The molecule has 9 heteroatoms. The van der Waals surface area contributed by atoms with Crippen molar-refractivity contribution < 1.29 is 22.7 Å². The van der Waals surface area contributed by atoms with E-state index in [0.29, 0.717) is 31.0 Å². The molecule has 0 aromatic carbocycles. The lowest BCUT2D eigenvalue weighted by Gasteiger charge is -2.40. The SMILES string of the molecule is CC(C)[C@]1(C(=O)N2CCn3c(cc(C(F)(F)F)cc3=O)C2)C=C[C@@H](N[C@H]2CCOC[C@H]2C)C1. The molecular formula is C24H32F3N3O3. The molecule has 6 nitrogen and oxygen atoms in total. The molecule has 182 valence electrons. The van der Waals surface area contributed by atoms with Crippen molar-refractivity contribution in [3.63, 3.8) is 0 Å². The average molecular weight is 468 g/mol. The molecule has 3 heterocycles. The zero-order valence-corrected chi connectivity index (χ0v) is 19.3. The number of alkyl halides is 3. The second-order valence-electron chi connectivity index (χ2n) is 9.93. The molecule has 0 bridgehead atoms. The van der Waals surface area contributed by atoms with E-state index >= 15 is 0 Å². The summed E-state index contributed by atoms with van der Waals surface area (Å²) in [6.45, 7) is 8.09. The summed E-state index contributed by atoms with van der Waals surface area (Å²) in [6.07, 6.45) is 0.973. The molecule has 4 atom stereocenters. The van der Waals surface area contributed by atoms with Crippen LogP contribution in [0.2, 0.25) is 0 Å². The van der Waals surface area contributed by atoms with Gasteiger partial charge in [0.2, 0.25) is 5.91 Å². The van der Waals surface area contributed by atoms with Crippen LogP contribution in [0, 0.1) is 17.3 Å². The van der Waals surface area contributed by atoms with E-state index in [1.807, 2.05) is 19.9 Å². The van der Waals surface area contributed by atoms with Gasteiger partial charge in [-0.3, -0.25) is 9.59 Å². The zero-order valence-electron chi connectivity index (χ0n) is 19.3. The maximum atomic E-state index is 13.8. The minimum atomic E-state index is -4.60. The second kappa shape index (κ2) is 8.91. The van der Waals surface area contributed by atoms with E-state index < -0.39 is 22.7 Å². The molecule has 1 aliphatic carbocycles. The second-order valence-corrected chi connectivity index (χ2v) is 9.93. The van der Waals surface area contributed by atoms with E-state index in [9.17, 15) is 22.8 Å². The van der Waals surface area contributed by atoms with E-state index in [1.54, 1.807) is 4.90 Å². The Morgan fingerprint density at radius 1 is 1.27 bits per heavy atom. The summed E-state index contributed by atoms with van der Waals surface area (Å²) in [5.74, 6) is 0.316. The summed E-state index contributed by atoms with van der Waals surface area (Å²) < 4.78 is 46.5. The first-order valence-electron chi connectivity index (χ1n) is 11.6. The normalized spacial score (nSPS) is 30.0. The zero-order chi connectivity index (χ0) is 24.0. The van der Waals surface area contributed by atoms with Gasteiger partial charge in [0.1, 0.15) is 0 Å². The van der Waals surface area contributed by atoms with Crippen LogP contribution < -0.4 is 10.9 Å². The summed E-state index contributed by atoms with van der Waals surface area (Å²) in [5, 5.41) is 3.67. The maximum Gasteiger partial charge on any atom is 0.416 e. The molecule has 0 unspecified atom stereocenters. The molecule has 0 radical (unpaired) electrons. The maximum absolute atomic E-state index is 13.8. The Morgan fingerprint density at radius 2 is 2.03 bits per heavy atom. The van der Waals surface area contributed by atoms with Gasteiger partial charge in [0.05, 0.1) is 24.1 Å². The molecule has 33 heavy (non-hydrogen) atoms. The number of halogens is 3. The van der Waals surface area contributed by atoms with Crippen LogP contribution >= 0.6 is 0 Å². The number of nitrogens with one attached hydrogen (secondary N) is 1. The minimum absolute atomic E-state index is 0.00457. The summed E-state index contributed by atoms with van der Waals surface area (Å²) in [4.78, 5) is 27.6. The van der Waals surface area contributed by atoms with Gasteiger partial charge in [0.25, 0.3) is 5.56 Å². The third-order valence-corrected chi connectivity index (χ3v) is 7.46. The fourth-order valence-electron chi connectivity index (χ4n) is 5.30. The smallest absolute Gasteiger partial charge is 0.381 e.